The molecule has 0 aliphatic carbocycles. The summed E-state index contributed by atoms with van der Waals surface area (Å²) < 4.78 is 13.5. The van der Waals surface area contributed by atoms with Crippen LogP contribution in [0.4, 0.5) is 10.1 Å². The molecule has 0 saturated carbocycles. The van der Waals surface area contributed by atoms with E-state index in [1.54, 1.807) is 12.1 Å². The van der Waals surface area contributed by atoms with E-state index in [-0.39, 0.29) is 11.9 Å². The lowest BCUT2D eigenvalue weighted by Gasteiger charge is -2.22. The highest BCUT2D eigenvalue weighted by Gasteiger charge is 2.14. The van der Waals surface area contributed by atoms with Crippen molar-refractivity contribution in [2.75, 3.05) is 25.5 Å². The van der Waals surface area contributed by atoms with Crippen LogP contribution in [0.15, 0.2) is 48.5 Å². The lowest BCUT2D eigenvalue weighted by atomic mass is 9.98. The Kier molecular flexibility index (Phi) is 5.34. The fourth-order valence-electron chi connectivity index (χ4n) is 2.39. The highest BCUT2D eigenvalue weighted by Crippen LogP contribution is 2.25. The summed E-state index contributed by atoms with van der Waals surface area (Å²) in [6.07, 6.45) is 1.04. The molecule has 0 amide bonds. The molecular formula is C18H23FN2. The fourth-order valence-corrected chi connectivity index (χ4v) is 2.39. The molecule has 2 nitrogen and oxygen atoms in total. The molecule has 2 aromatic rings. The molecule has 3 heteroatoms. The third-order valence-electron chi connectivity index (χ3n) is 3.50. The first kappa shape index (κ1) is 15.5. The first-order valence-corrected chi connectivity index (χ1v) is 7.38. The van der Waals surface area contributed by atoms with E-state index in [4.69, 9.17) is 0 Å². The minimum absolute atomic E-state index is 0.0144. The molecular weight excluding hydrogens is 263 g/mol. The van der Waals surface area contributed by atoms with Crippen molar-refractivity contribution >= 4 is 5.69 Å². The number of halogens is 1. The first-order chi connectivity index (χ1) is 10.1. The lowest BCUT2D eigenvalue weighted by Crippen LogP contribution is -2.23. The van der Waals surface area contributed by atoms with E-state index < -0.39 is 0 Å². The summed E-state index contributed by atoms with van der Waals surface area (Å²) in [5.41, 5.74) is 3.26. The summed E-state index contributed by atoms with van der Waals surface area (Å²) in [5.74, 6) is -0.195. The van der Waals surface area contributed by atoms with Crippen molar-refractivity contribution in [3.8, 4) is 0 Å². The number of hydrogen-bond donors (Lipinski definition) is 1. The van der Waals surface area contributed by atoms with E-state index in [0.29, 0.717) is 0 Å². The molecule has 0 spiro atoms. The monoisotopic (exact) mass is 286 g/mol. The van der Waals surface area contributed by atoms with Gasteiger partial charge in [0.15, 0.2) is 0 Å². The van der Waals surface area contributed by atoms with Crippen molar-refractivity contribution in [2.45, 2.75) is 19.4 Å². The van der Waals surface area contributed by atoms with E-state index in [1.807, 2.05) is 26.2 Å². The highest BCUT2D eigenvalue weighted by molar-refractivity contribution is 5.49. The summed E-state index contributed by atoms with van der Waals surface area (Å²) in [6.45, 7) is 3.03. The molecule has 0 aliphatic heterocycles. The summed E-state index contributed by atoms with van der Waals surface area (Å²) in [7, 11) is 4.05. The van der Waals surface area contributed by atoms with Crippen molar-refractivity contribution in [3.63, 3.8) is 0 Å². The van der Waals surface area contributed by atoms with Crippen molar-refractivity contribution in [1.29, 1.82) is 0 Å². The van der Waals surface area contributed by atoms with Crippen LogP contribution < -0.4 is 10.2 Å². The molecule has 2 aromatic carbocycles. The number of anilines is 1. The van der Waals surface area contributed by atoms with Gasteiger partial charge < -0.3 is 10.2 Å². The third kappa shape index (κ3) is 4.05. The fraction of sp³-hybridized carbons (Fsp3) is 0.333. The largest absolute Gasteiger partial charge is 0.378 e. The average Bonchev–Trinajstić information content (AvgIpc) is 2.48. The van der Waals surface area contributed by atoms with Gasteiger partial charge in [0.2, 0.25) is 0 Å². The Balaban J connectivity index is 2.37. The minimum Gasteiger partial charge on any atom is -0.378 e. The zero-order chi connectivity index (χ0) is 15.2. The van der Waals surface area contributed by atoms with E-state index in [0.717, 1.165) is 29.8 Å². The van der Waals surface area contributed by atoms with Gasteiger partial charge in [-0.25, -0.2) is 4.39 Å². The second kappa shape index (κ2) is 7.23. The summed E-state index contributed by atoms with van der Waals surface area (Å²) in [4.78, 5) is 2.08. The molecule has 0 saturated heterocycles. The number of hydrogen-bond acceptors (Lipinski definition) is 2. The molecule has 2 rings (SSSR count). The number of nitrogens with one attached hydrogen (secondary N) is 1. The first-order valence-electron chi connectivity index (χ1n) is 7.38. The van der Waals surface area contributed by atoms with Crippen molar-refractivity contribution < 1.29 is 4.39 Å². The van der Waals surface area contributed by atoms with Crippen molar-refractivity contribution in [3.05, 3.63) is 65.5 Å². The molecule has 0 aromatic heterocycles. The Morgan fingerprint density at radius 1 is 1.05 bits per heavy atom. The smallest absolute Gasteiger partial charge is 0.123 e. The number of rotatable bonds is 6. The molecule has 1 N–H and O–H groups in total. The molecule has 112 valence electrons. The SMILES string of the molecule is CCCNC(c1cccc(F)c1)c1cccc(N(C)C)c1. The second-order valence-electron chi connectivity index (χ2n) is 5.43. The Morgan fingerprint density at radius 3 is 2.33 bits per heavy atom. The maximum absolute atomic E-state index is 13.5. The minimum atomic E-state index is -0.195. The van der Waals surface area contributed by atoms with Gasteiger partial charge in [-0.3, -0.25) is 0 Å². The standard InChI is InChI=1S/C18H23FN2/c1-4-11-20-18(14-7-5-9-16(19)12-14)15-8-6-10-17(13-15)21(2)3/h5-10,12-13,18,20H,4,11H2,1-3H3. The van der Waals surface area contributed by atoms with Gasteiger partial charge in [-0.15, -0.1) is 0 Å². The molecule has 1 unspecified atom stereocenters. The Bertz CT molecular complexity index is 581. The lowest BCUT2D eigenvalue weighted by molar-refractivity contribution is 0.585. The van der Waals surface area contributed by atoms with E-state index in [2.05, 4.69) is 35.3 Å². The maximum Gasteiger partial charge on any atom is 0.123 e. The Labute approximate surface area is 126 Å². The van der Waals surface area contributed by atoms with Gasteiger partial charge in [0.25, 0.3) is 0 Å². The van der Waals surface area contributed by atoms with Crippen LogP contribution in [0.5, 0.6) is 0 Å². The van der Waals surface area contributed by atoms with E-state index in [9.17, 15) is 4.39 Å². The van der Waals surface area contributed by atoms with Crippen LogP contribution in [0, 0.1) is 5.82 Å². The summed E-state index contributed by atoms with van der Waals surface area (Å²) in [5, 5.41) is 3.51. The molecule has 0 bridgehead atoms. The Hall–Kier alpha value is -1.87. The van der Waals surface area contributed by atoms with Crippen LogP contribution >= 0.6 is 0 Å². The van der Waals surface area contributed by atoms with Gasteiger partial charge in [-0.05, 0) is 48.4 Å². The van der Waals surface area contributed by atoms with Gasteiger partial charge in [0.05, 0.1) is 6.04 Å². The van der Waals surface area contributed by atoms with Crippen LogP contribution in [0.25, 0.3) is 0 Å². The van der Waals surface area contributed by atoms with Gasteiger partial charge in [-0.2, -0.15) is 0 Å². The van der Waals surface area contributed by atoms with Crippen LogP contribution in [-0.2, 0) is 0 Å². The predicted octanol–water partition coefficient (Wildman–Crippen LogP) is 3.98. The van der Waals surface area contributed by atoms with Crippen LogP contribution in [0.2, 0.25) is 0 Å². The summed E-state index contributed by atoms with van der Waals surface area (Å²) >= 11 is 0. The Morgan fingerprint density at radius 2 is 1.71 bits per heavy atom. The number of benzene rings is 2. The van der Waals surface area contributed by atoms with Crippen molar-refractivity contribution in [2.24, 2.45) is 0 Å². The maximum atomic E-state index is 13.5. The van der Waals surface area contributed by atoms with E-state index >= 15 is 0 Å². The molecule has 0 aliphatic rings. The van der Waals surface area contributed by atoms with Gasteiger partial charge in [-0.1, -0.05) is 31.2 Å². The van der Waals surface area contributed by atoms with Crippen LogP contribution in [0.3, 0.4) is 0 Å². The predicted molar refractivity (Wildman–Crippen MR) is 87.3 cm³/mol. The topological polar surface area (TPSA) is 15.3 Å². The van der Waals surface area contributed by atoms with Crippen LogP contribution in [0.1, 0.15) is 30.5 Å². The van der Waals surface area contributed by atoms with Crippen LogP contribution in [-0.4, -0.2) is 20.6 Å². The quantitative estimate of drug-likeness (QED) is 0.864. The number of nitrogens with zero attached hydrogens (tertiary/aromatic N) is 1. The van der Waals surface area contributed by atoms with Crippen molar-refractivity contribution in [1.82, 2.24) is 5.32 Å². The molecule has 0 radical (unpaired) electrons. The van der Waals surface area contributed by atoms with Gasteiger partial charge in [0.1, 0.15) is 5.82 Å². The summed E-state index contributed by atoms with van der Waals surface area (Å²) in [6, 6.07) is 15.2. The zero-order valence-electron chi connectivity index (χ0n) is 12.9. The highest BCUT2D eigenvalue weighted by atomic mass is 19.1. The second-order valence-corrected chi connectivity index (χ2v) is 5.43. The molecule has 21 heavy (non-hydrogen) atoms. The zero-order valence-corrected chi connectivity index (χ0v) is 12.9. The average molecular weight is 286 g/mol. The third-order valence-corrected chi connectivity index (χ3v) is 3.50. The molecule has 0 heterocycles. The van der Waals surface area contributed by atoms with Gasteiger partial charge >= 0.3 is 0 Å². The molecule has 1 atom stereocenters. The normalized spacial score (nSPS) is 12.2. The van der Waals surface area contributed by atoms with Gasteiger partial charge in [0, 0.05) is 19.8 Å². The molecule has 0 fully saturated rings. The van der Waals surface area contributed by atoms with E-state index in [1.165, 1.54) is 6.07 Å².